The summed E-state index contributed by atoms with van der Waals surface area (Å²) < 4.78 is 6.62. The van der Waals surface area contributed by atoms with E-state index in [0.717, 1.165) is 50.5 Å². The summed E-state index contributed by atoms with van der Waals surface area (Å²) in [6, 6.07) is 7.98. The number of benzene rings is 1. The third kappa shape index (κ3) is 4.87. The van der Waals surface area contributed by atoms with Crippen molar-refractivity contribution in [3.05, 3.63) is 53.3 Å². The number of hydrogen-bond acceptors (Lipinski definition) is 11. The van der Waals surface area contributed by atoms with E-state index in [1.54, 1.807) is 23.0 Å². The van der Waals surface area contributed by atoms with E-state index in [1.165, 1.54) is 12.4 Å². The molecular formula is C26H27N9O3S. The van der Waals surface area contributed by atoms with Crippen LogP contribution in [0.15, 0.2) is 42.9 Å². The molecule has 12 nitrogen and oxygen atoms in total. The Kier molecular flexibility index (Phi) is 6.77. The van der Waals surface area contributed by atoms with Gasteiger partial charge in [0.1, 0.15) is 0 Å². The number of hydrogen-bond donors (Lipinski definition) is 4. The van der Waals surface area contributed by atoms with Crippen LogP contribution in [0.3, 0.4) is 0 Å². The molecule has 1 aromatic carbocycles. The Bertz CT molecular complexity index is 1630. The first-order chi connectivity index (χ1) is 19.0. The third-order valence-corrected chi connectivity index (χ3v) is 7.89. The van der Waals surface area contributed by atoms with Crippen molar-refractivity contribution in [1.29, 1.82) is 0 Å². The van der Waals surface area contributed by atoms with Gasteiger partial charge in [0.25, 0.3) is 5.91 Å². The van der Waals surface area contributed by atoms with Crippen molar-refractivity contribution in [2.75, 3.05) is 36.5 Å². The molecule has 5 heterocycles. The highest BCUT2D eigenvalue weighted by Crippen LogP contribution is 2.40. The van der Waals surface area contributed by atoms with Crippen molar-refractivity contribution < 1.29 is 14.7 Å². The highest BCUT2D eigenvalue weighted by molar-refractivity contribution is 7.19. The van der Waals surface area contributed by atoms with E-state index in [2.05, 4.69) is 50.3 Å². The number of H-pyrrole nitrogens is 1. The first kappa shape index (κ1) is 25.1. The standard InChI is InChI=1S/C26H27N9O3S/c1-14(2)21(31-26-27-11-15(12-28-26)25(36)34-37)20-10-19-22(39-20)24(35-6-8-38-9-7-35)32-23(30-19)16-4-3-5-18-17(16)13-29-33-18/h3-5,10-14,21,37H,6-9H2,1-2H3,(H,29,33)(H,34,36)(H,27,28,31). The maximum Gasteiger partial charge on any atom is 0.277 e. The Morgan fingerprint density at radius 3 is 2.69 bits per heavy atom. The van der Waals surface area contributed by atoms with Crippen LogP contribution in [0.5, 0.6) is 0 Å². The van der Waals surface area contributed by atoms with Gasteiger partial charge in [0, 0.05) is 41.3 Å². The van der Waals surface area contributed by atoms with Gasteiger partial charge in [-0.1, -0.05) is 26.0 Å². The molecule has 1 aliphatic rings. The molecule has 0 spiro atoms. The van der Waals surface area contributed by atoms with E-state index in [-0.39, 0.29) is 17.5 Å². The number of hydroxylamine groups is 1. The highest BCUT2D eigenvalue weighted by atomic mass is 32.1. The molecule has 1 atom stereocenters. The number of nitrogens with zero attached hydrogens (tertiary/aromatic N) is 6. The zero-order valence-corrected chi connectivity index (χ0v) is 22.2. The van der Waals surface area contributed by atoms with E-state index < -0.39 is 5.91 Å². The van der Waals surface area contributed by atoms with Crippen LogP contribution in [-0.2, 0) is 4.74 Å². The second kappa shape index (κ2) is 10.5. The van der Waals surface area contributed by atoms with Crippen LogP contribution in [0.2, 0.25) is 0 Å². The first-order valence-corrected chi connectivity index (χ1v) is 13.4. The van der Waals surface area contributed by atoms with Gasteiger partial charge >= 0.3 is 0 Å². The predicted octanol–water partition coefficient (Wildman–Crippen LogP) is 3.79. The lowest BCUT2D eigenvalue weighted by Gasteiger charge is -2.28. The number of thiophene rings is 1. The molecule has 13 heteroatoms. The molecule has 0 radical (unpaired) electrons. The third-order valence-electron chi connectivity index (χ3n) is 6.68. The van der Waals surface area contributed by atoms with Crippen molar-refractivity contribution in [2.24, 2.45) is 5.92 Å². The van der Waals surface area contributed by atoms with Crippen molar-refractivity contribution >= 4 is 50.1 Å². The molecule has 0 aliphatic carbocycles. The minimum absolute atomic E-state index is 0.111. The first-order valence-electron chi connectivity index (χ1n) is 12.6. The number of nitrogens with one attached hydrogen (secondary N) is 3. The van der Waals surface area contributed by atoms with Gasteiger partial charge in [-0.05, 0) is 18.1 Å². The lowest BCUT2D eigenvalue weighted by atomic mass is 10.0. The van der Waals surface area contributed by atoms with Crippen LogP contribution in [-0.4, -0.2) is 67.6 Å². The van der Waals surface area contributed by atoms with E-state index in [1.807, 2.05) is 18.2 Å². The fourth-order valence-corrected chi connectivity index (χ4v) is 5.99. The summed E-state index contributed by atoms with van der Waals surface area (Å²) in [5.41, 5.74) is 4.47. The number of amides is 1. The van der Waals surface area contributed by atoms with E-state index in [9.17, 15) is 4.79 Å². The number of aromatic nitrogens is 6. The Balaban J connectivity index is 1.42. The summed E-state index contributed by atoms with van der Waals surface area (Å²) in [6.45, 7) is 7.04. The second-order valence-corrected chi connectivity index (χ2v) is 10.7. The number of anilines is 2. The lowest BCUT2D eigenvalue weighted by Crippen LogP contribution is -2.36. The second-order valence-electron chi connectivity index (χ2n) is 9.57. The van der Waals surface area contributed by atoms with Gasteiger partial charge < -0.3 is 15.0 Å². The van der Waals surface area contributed by atoms with E-state index in [0.29, 0.717) is 25.0 Å². The Labute approximate surface area is 227 Å². The van der Waals surface area contributed by atoms with Gasteiger partial charge in [0.15, 0.2) is 11.6 Å². The largest absolute Gasteiger partial charge is 0.378 e. The van der Waals surface area contributed by atoms with Gasteiger partial charge in [0.2, 0.25) is 5.95 Å². The maximum atomic E-state index is 11.6. The van der Waals surface area contributed by atoms with Gasteiger partial charge in [0.05, 0.1) is 46.7 Å². The minimum Gasteiger partial charge on any atom is -0.378 e. The molecule has 5 aromatic rings. The summed E-state index contributed by atoms with van der Waals surface area (Å²) in [7, 11) is 0. The molecule has 1 unspecified atom stereocenters. The normalized spacial score (nSPS) is 14.7. The number of aromatic amines is 1. The average Bonchev–Trinajstić information content (AvgIpc) is 3.62. The highest BCUT2D eigenvalue weighted by Gasteiger charge is 2.25. The van der Waals surface area contributed by atoms with Gasteiger partial charge in [-0.15, -0.1) is 11.3 Å². The van der Waals surface area contributed by atoms with Gasteiger partial charge in [-0.2, -0.15) is 5.10 Å². The zero-order chi connectivity index (χ0) is 26.9. The fourth-order valence-electron chi connectivity index (χ4n) is 4.65. The molecule has 0 saturated carbocycles. The lowest BCUT2D eigenvalue weighted by molar-refractivity contribution is 0.0705. The van der Waals surface area contributed by atoms with Crippen molar-refractivity contribution in [3.63, 3.8) is 0 Å². The molecule has 0 bridgehead atoms. The summed E-state index contributed by atoms with van der Waals surface area (Å²) in [5.74, 6) is 1.46. The molecule has 4 aromatic heterocycles. The van der Waals surface area contributed by atoms with Crippen molar-refractivity contribution in [3.8, 4) is 11.4 Å². The zero-order valence-electron chi connectivity index (χ0n) is 21.4. The Morgan fingerprint density at radius 2 is 1.95 bits per heavy atom. The summed E-state index contributed by atoms with van der Waals surface area (Å²) in [4.78, 5) is 33.6. The summed E-state index contributed by atoms with van der Waals surface area (Å²) >= 11 is 1.65. The average molecular weight is 546 g/mol. The van der Waals surface area contributed by atoms with Crippen LogP contribution in [0, 0.1) is 5.92 Å². The number of rotatable bonds is 7. The number of fused-ring (bicyclic) bond motifs is 2. The van der Waals surface area contributed by atoms with Crippen LogP contribution in [0.4, 0.5) is 11.8 Å². The van der Waals surface area contributed by atoms with E-state index in [4.69, 9.17) is 19.9 Å². The van der Waals surface area contributed by atoms with Crippen molar-refractivity contribution in [2.45, 2.75) is 19.9 Å². The number of ether oxygens (including phenoxy) is 1. The molecule has 1 amide bonds. The maximum absolute atomic E-state index is 11.6. The quantitative estimate of drug-likeness (QED) is 0.175. The molecule has 39 heavy (non-hydrogen) atoms. The number of carbonyl (C=O) groups is 1. The molecule has 4 N–H and O–H groups in total. The number of carbonyl (C=O) groups excluding carboxylic acids is 1. The fraction of sp³-hybridized carbons (Fsp3) is 0.308. The van der Waals surface area contributed by atoms with Crippen LogP contribution in [0.1, 0.15) is 35.1 Å². The van der Waals surface area contributed by atoms with Crippen LogP contribution < -0.4 is 15.7 Å². The van der Waals surface area contributed by atoms with Gasteiger partial charge in [-0.3, -0.25) is 15.1 Å². The molecule has 1 saturated heterocycles. The Morgan fingerprint density at radius 1 is 1.15 bits per heavy atom. The molecular weight excluding hydrogens is 518 g/mol. The minimum atomic E-state index is -0.664. The summed E-state index contributed by atoms with van der Waals surface area (Å²) in [5, 5.41) is 20.5. The molecule has 1 fully saturated rings. The van der Waals surface area contributed by atoms with E-state index >= 15 is 0 Å². The monoisotopic (exact) mass is 545 g/mol. The smallest absolute Gasteiger partial charge is 0.277 e. The Hall–Kier alpha value is -4.20. The number of morpholine rings is 1. The molecule has 1 aliphatic heterocycles. The molecule has 6 rings (SSSR count). The predicted molar refractivity (Wildman–Crippen MR) is 148 cm³/mol. The van der Waals surface area contributed by atoms with Crippen molar-refractivity contribution in [1.82, 2.24) is 35.6 Å². The van der Waals surface area contributed by atoms with Gasteiger partial charge in [-0.25, -0.2) is 25.4 Å². The summed E-state index contributed by atoms with van der Waals surface area (Å²) in [6.07, 6.45) is 4.54. The topological polar surface area (TPSA) is 154 Å². The van der Waals surface area contributed by atoms with Crippen LogP contribution in [0.25, 0.3) is 32.5 Å². The molecule has 200 valence electrons. The SMILES string of the molecule is CC(C)C(Nc1ncc(C(=O)NO)cn1)c1cc2nc(-c3cccc4[nH]ncc34)nc(N3CCOCC3)c2s1. The van der Waals surface area contributed by atoms with Crippen LogP contribution >= 0.6 is 11.3 Å².